The molecule has 50 valence electrons. The molecule has 0 aliphatic heterocycles. The molecule has 0 aliphatic rings. The number of carbonyl (C=O) groups is 2. The predicted molar refractivity (Wildman–Crippen MR) is 27.0 cm³/mol. The Morgan fingerprint density at radius 2 is 2.11 bits per heavy atom. The molecule has 0 bridgehead atoms. The number of hydrogen-bond acceptors (Lipinski definition) is 5. The van der Waals surface area contributed by atoms with Crippen molar-refractivity contribution in [3.8, 4) is 0 Å². The van der Waals surface area contributed by atoms with Crippen LogP contribution in [0.15, 0.2) is 12.7 Å². The molecule has 0 aromatic rings. The highest BCUT2D eigenvalue weighted by Crippen LogP contribution is 1.81. The van der Waals surface area contributed by atoms with E-state index >= 15 is 0 Å². The van der Waals surface area contributed by atoms with Crippen LogP contribution in [0.25, 0.3) is 0 Å². The minimum atomic E-state index is -1.25. The van der Waals surface area contributed by atoms with E-state index in [0.29, 0.717) is 0 Å². The monoisotopic (exact) mass is 131 g/mol. The van der Waals surface area contributed by atoms with Gasteiger partial charge in [0.2, 0.25) is 0 Å². The minimum Gasteiger partial charge on any atom is -0.356 e. The molecule has 0 heterocycles. The summed E-state index contributed by atoms with van der Waals surface area (Å²) in [6, 6.07) is 0. The van der Waals surface area contributed by atoms with E-state index in [2.05, 4.69) is 22.1 Å². The highest BCUT2D eigenvalue weighted by atomic mass is 16.8. The average Bonchev–Trinajstić information content (AvgIpc) is 1.87. The van der Waals surface area contributed by atoms with Gasteiger partial charge in [0.1, 0.15) is 0 Å². The van der Waals surface area contributed by atoms with Crippen molar-refractivity contribution in [2.45, 2.75) is 0 Å². The largest absolute Gasteiger partial charge is 0.535 e. The molecule has 2 N–H and O–H groups in total. The van der Waals surface area contributed by atoms with E-state index in [9.17, 15) is 9.59 Å². The fourth-order valence-corrected chi connectivity index (χ4v) is 0.148. The first-order valence-electron chi connectivity index (χ1n) is 1.95. The summed E-state index contributed by atoms with van der Waals surface area (Å²) in [7, 11) is 0. The Morgan fingerprint density at radius 3 is 2.44 bits per heavy atom. The van der Waals surface area contributed by atoms with Crippen molar-refractivity contribution in [1.82, 2.24) is 0 Å². The first-order chi connectivity index (χ1) is 4.20. The van der Waals surface area contributed by atoms with Crippen LogP contribution in [0, 0.1) is 0 Å². The lowest BCUT2D eigenvalue weighted by atomic mass is 10.7. The van der Waals surface area contributed by atoms with Crippen LogP contribution >= 0.6 is 0 Å². The second kappa shape index (κ2) is 3.62. The second-order valence-corrected chi connectivity index (χ2v) is 0.993. The van der Waals surface area contributed by atoms with Crippen molar-refractivity contribution < 1.29 is 19.2 Å². The summed E-state index contributed by atoms with van der Waals surface area (Å²) in [5.74, 6) is 3.42. The maximum Gasteiger partial charge on any atom is 0.535 e. The normalized spacial score (nSPS) is 7.67. The summed E-state index contributed by atoms with van der Waals surface area (Å²) in [5.41, 5.74) is 0. The van der Waals surface area contributed by atoms with E-state index in [4.69, 9.17) is 0 Å². The molecule has 0 atom stereocenters. The molecule has 0 aromatic heterocycles. The van der Waals surface area contributed by atoms with Gasteiger partial charge in [-0.1, -0.05) is 6.58 Å². The van der Waals surface area contributed by atoms with Crippen LogP contribution < -0.4 is 5.90 Å². The summed E-state index contributed by atoms with van der Waals surface area (Å²) >= 11 is 0. The van der Waals surface area contributed by atoms with Crippen LogP contribution in [-0.2, 0) is 14.4 Å². The SMILES string of the molecule is C=CC(=O)OC(=O)ON. The quantitative estimate of drug-likeness (QED) is 0.229. The number of nitrogens with two attached hydrogens (primary N) is 1. The van der Waals surface area contributed by atoms with Crippen LogP contribution in [0.5, 0.6) is 0 Å². The Balaban J connectivity index is 3.59. The third-order valence-corrected chi connectivity index (χ3v) is 0.447. The van der Waals surface area contributed by atoms with Gasteiger partial charge in [0.15, 0.2) is 0 Å². The average molecular weight is 131 g/mol. The lowest BCUT2D eigenvalue weighted by Gasteiger charge is -1.93. The van der Waals surface area contributed by atoms with E-state index in [1.165, 1.54) is 0 Å². The molecule has 0 unspecified atom stereocenters. The van der Waals surface area contributed by atoms with Gasteiger partial charge >= 0.3 is 12.1 Å². The second-order valence-electron chi connectivity index (χ2n) is 0.993. The lowest BCUT2D eigenvalue weighted by Crippen LogP contribution is -2.14. The van der Waals surface area contributed by atoms with Gasteiger partial charge in [-0.15, -0.1) is 0 Å². The maximum atomic E-state index is 10.1. The minimum absolute atomic E-state index is 0.816. The lowest BCUT2D eigenvalue weighted by molar-refractivity contribution is -0.134. The molecule has 0 radical (unpaired) electrons. The smallest absolute Gasteiger partial charge is 0.356 e. The summed E-state index contributed by atoms with van der Waals surface area (Å²) < 4.78 is 3.81. The van der Waals surface area contributed by atoms with Crippen molar-refractivity contribution in [2.24, 2.45) is 5.90 Å². The van der Waals surface area contributed by atoms with Gasteiger partial charge < -0.3 is 9.57 Å². The topological polar surface area (TPSA) is 78.6 Å². The van der Waals surface area contributed by atoms with E-state index < -0.39 is 12.1 Å². The third-order valence-electron chi connectivity index (χ3n) is 0.447. The van der Waals surface area contributed by atoms with Crippen molar-refractivity contribution in [2.75, 3.05) is 0 Å². The molecule has 0 aromatic carbocycles. The van der Waals surface area contributed by atoms with Crippen LogP contribution in [0.4, 0.5) is 4.79 Å². The first kappa shape index (κ1) is 7.64. The van der Waals surface area contributed by atoms with Gasteiger partial charge in [0, 0.05) is 6.08 Å². The summed E-state index contributed by atoms with van der Waals surface area (Å²) in [6.45, 7) is 3.02. The van der Waals surface area contributed by atoms with Crippen LogP contribution in [0.2, 0.25) is 0 Å². The number of rotatable bonds is 1. The molecule has 0 amide bonds. The summed E-state index contributed by atoms with van der Waals surface area (Å²) in [6.07, 6.45) is -0.434. The summed E-state index contributed by atoms with van der Waals surface area (Å²) in [5, 5.41) is 0. The van der Waals surface area contributed by atoms with Gasteiger partial charge in [-0.25, -0.2) is 9.59 Å². The third kappa shape index (κ3) is 3.24. The Hall–Kier alpha value is -1.36. The number of hydrogen-bond donors (Lipinski definition) is 1. The van der Waals surface area contributed by atoms with E-state index in [1.54, 1.807) is 0 Å². The molecule has 0 rings (SSSR count). The molecule has 0 spiro atoms. The molecular formula is C4H5NO4. The van der Waals surface area contributed by atoms with Crippen LogP contribution in [-0.4, -0.2) is 12.1 Å². The molecule has 0 saturated heterocycles. The number of ether oxygens (including phenoxy) is 1. The van der Waals surface area contributed by atoms with E-state index in [-0.39, 0.29) is 0 Å². The van der Waals surface area contributed by atoms with Gasteiger partial charge in [-0.3, -0.25) is 0 Å². The van der Waals surface area contributed by atoms with Crippen molar-refractivity contribution in [1.29, 1.82) is 0 Å². The van der Waals surface area contributed by atoms with Crippen LogP contribution in [0.1, 0.15) is 0 Å². The Bertz CT molecular complexity index is 142. The highest BCUT2D eigenvalue weighted by Gasteiger charge is 2.04. The zero-order valence-corrected chi connectivity index (χ0v) is 4.49. The predicted octanol–water partition coefficient (Wildman–Crippen LogP) is -0.274. The highest BCUT2D eigenvalue weighted by molar-refractivity contribution is 5.89. The van der Waals surface area contributed by atoms with Gasteiger partial charge in [0.05, 0.1) is 0 Å². The molecule has 5 heteroatoms. The van der Waals surface area contributed by atoms with E-state index in [0.717, 1.165) is 6.08 Å². The van der Waals surface area contributed by atoms with E-state index in [1.807, 2.05) is 0 Å². The summed E-state index contributed by atoms with van der Waals surface area (Å²) in [4.78, 5) is 23.5. The number of carbonyl (C=O) groups excluding carboxylic acids is 2. The fraction of sp³-hybridized carbons (Fsp3) is 0. The van der Waals surface area contributed by atoms with Gasteiger partial charge in [-0.2, -0.15) is 5.90 Å². The fourth-order valence-electron chi connectivity index (χ4n) is 0.148. The Morgan fingerprint density at radius 1 is 1.56 bits per heavy atom. The molecule has 0 saturated carbocycles. The molecule has 0 aliphatic carbocycles. The number of esters is 1. The molecular weight excluding hydrogens is 126 g/mol. The Labute approximate surface area is 51.0 Å². The molecule has 0 fully saturated rings. The zero-order valence-electron chi connectivity index (χ0n) is 4.49. The molecule has 9 heavy (non-hydrogen) atoms. The molecule has 5 nitrogen and oxygen atoms in total. The maximum absolute atomic E-state index is 10.1. The van der Waals surface area contributed by atoms with Gasteiger partial charge in [0.25, 0.3) is 0 Å². The van der Waals surface area contributed by atoms with Crippen molar-refractivity contribution in [3.05, 3.63) is 12.7 Å². The first-order valence-corrected chi connectivity index (χ1v) is 1.95. The van der Waals surface area contributed by atoms with Crippen LogP contribution in [0.3, 0.4) is 0 Å². The standard InChI is InChI=1S/C4H5NO4/c1-2-3(6)8-4(7)9-5/h2H,1,5H2. The van der Waals surface area contributed by atoms with Crippen molar-refractivity contribution in [3.63, 3.8) is 0 Å². The zero-order chi connectivity index (χ0) is 7.28. The Kier molecular flexibility index (Phi) is 3.07. The van der Waals surface area contributed by atoms with Gasteiger partial charge in [-0.05, 0) is 0 Å². The van der Waals surface area contributed by atoms with Crippen molar-refractivity contribution >= 4 is 12.1 Å².